The van der Waals surface area contributed by atoms with Crippen LogP contribution in [-0.2, 0) is 11.2 Å². The molecular formula is C20H22ClF2N3O3. The van der Waals surface area contributed by atoms with E-state index < -0.39 is 19.1 Å². The van der Waals surface area contributed by atoms with E-state index in [0.29, 0.717) is 23.2 Å². The predicted molar refractivity (Wildman–Crippen MR) is 104 cm³/mol. The number of Topliss-reactive ketones (excluding diaryl/α,β-unsaturated/α-hetero) is 1. The van der Waals surface area contributed by atoms with E-state index in [4.69, 9.17) is 16.3 Å². The number of hydrogen-bond donors (Lipinski definition) is 1. The van der Waals surface area contributed by atoms with Gasteiger partial charge in [0.05, 0.1) is 6.04 Å². The van der Waals surface area contributed by atoms with E-state index in [-0.39, 0.29) is 29.0 Å². The maximum absolute atomic E-state index is 12.5. The van der Waals surface area contributed by atoms with Gasteiger partial charge in [-0.15, -0.1) is 0 Å². The maximum atomic E-state index is 12.5. The number of nitrogens with one attached hydrogen (secondary N) is 1. The van der Waals surface area contributed by atoms with Crippen LogP contribution < -0.4 is 10.1 Å². The average Bonchev–Trinajstić information content (AvgIpc) is 2.67. The third-order valence-corrected chi connectivity index (χ3v) is 4.28. The summed E-state index contributed by atoms with van der Waals surface area (Å²) >= 11 is 6.02. The lowest BCUT2D eigenvalue weighted by molar-refractivity contribution is -0.118. The molecule has 156 valence electrons. The first-order chi connectivity index (χ1) is 13.8. The average molecular weight is 426 g/mol. The Kier molecular flexibility index (Phi) is 8.45. The molecule has 0 saturated carbocycles. The first-order valence-corrected chi connectivity index (χ1v) is 9.51. The van der Waals surface area contributed by atoms with Crippen LogP contribution in [0.3, 0.4) is 0 Å². The van der Waals surface area contributed by atoms with Crippen molar-refractivity contribution in [3.63, 3.8) is 0 Å². The Hall–Kier alpha value is -2.61. The van der Waals surface area contributed by atoms with Gasteiger partial charge in [-0.25, -0.2) is 13.8 Å². The zero-order valence-electron chi connectivity index (χ0n) is 16.1. The van der Waals surface area contributed by atoms with Crippen LogP contribution in [0.1, 0.15) is 54.3 Å². The zero-order chi connectivity index (χ0) is 21.4. The number of alkyl halides is 2. The van der Waals surface area contributed by atoms with Crippen LogP contribution in [0.4, 0.5) is 8.78 Å². The van der Waals surface area contributed by atoms with Gasteiger partial charge in [0, 0.05) is 36.5 Å². The van der Waals surface area contributed by atoms with Crippen molar-refractivity contribution in [2.24, 2.45) is 0 Å². The van der Waals surface area contributed by atoms with Gasteiger partial charge in [-0.2, -0.15) is 0 Å². The molecule has 1 atom stereocenters. The Morgan fingerprint density at radius 3 is 2.69 bits per heavy atom. The van der Waals surface area contributed by atoms with Gasteiger partial charge in [-0.1, -0.05) is 18.5 Å². The molecular weight excluding hydrogens is 404 g/mol. The molecule has 2 rings (SSSR count). The molecule has 1 unspecified atom stereocenters. The molecule has 1 amide bonds. The number of pyridine rings is 2. The van der Waals surface area contributed by atoms with Gasteiger partial charge < -0.3 is 10.1 Å². The van der Waals surface area contributed by atoms with Crippen LogP contribution in [0.15, 0.2) is 30.6 Å². The van der Waals surface area contributed by atoms with Crippen LogP contribution in [0, 0.1) is 0 Å². The number of ether oxygens (including phenoxy) is 1. The summed E-state index contributed by atoms with van der Waals surface area (Å²) in [5.74, 6) is -0.371. The lowest BCUT2D eigenvalue weighted by Gasteiger charge is -2.15. The third kappa shape index (κ3) is 7.05. The number of nitrogens with zero attached hydrogens (tertiary/aromatic N) is 2. The van der Waals surface area contributed by atoms with E-state index in [0.717, 1.165) is 6.42 Å². The Morgan fingerprint density at radius 1 is 1.28 bits per heavy atom. The minimum absolute atomic E-state index is 0.0702. The lowest BCUT2D eigenvalue weighted by Crippen LogP contribution is -2.27. The van der Waals surface area contributed by atoms with Crippen molar-refractivity contribution in [2.75, 3.05) is 6.61 Å². The minimum Gasteiger partial charge on any atom is -0.471 e. The van der Waals surface area contributed by atoms with Crippen LogP contribution >= 0.6 is 11.6 Å². The Labute approximate surface area is 172 Å². The number of hydrogen-bond acceptors (Lipinski definition) is 5. The topological polar surface area (TPSA) is 81.2 Å². The molecule has 1 N–H and O–H groups in total. The fourth-order valence-corrected chi connectivity index (χ4v) is 2.80. The summed E-state index contributed by atoms with van der Waals surface area (Å²) in [5.41, 5.74) is 1.50. The molecule has 0 aromatic carbocycles. The van der Waals surface area contributed by atoms with Gasteiger partial charge in [0.1, 0.15) is 10.8 Å². The van der Waals surface area contributed by atoms with Gasteiger partial charge >= 0.3 is 0 Å². The molecule has 0 aliphatic rings. The number of ketones is 1. The van der Waals surface area contributed by atoms with E-state index in [1.807, 2.05) is 6.92 Å². The van der Waals surface area contributed by atoms with Crippen molar-refractivity contribution in [1.82, 2.24) is 15.3 Å². The Morgan fingerprint density at radius 2 is 2.03 bits per heavy atom. The number of carbonyl (C=O) groups excluding carboxylic acids is 2. The highest BCUT2D eigenvalue weighted by atomic mass is 35.5. The molecule has 0 aliphatic carbocycles. The summed E-state index contributed by atoms with van der Waals surface area (Å²) in [7, 11) is 0. The normalized spacial score (nSPS) is 11.9. The summed E-state index contributed by atoms with van der Waals surface area (Å²) in [6, 6.07) is 4.20. The van der Waals surface area contributed by atoms with Crippen molar-refractivity contribution < 1.29 is 23.1 Å². The minimum atomic E-state index is -2.63. The lowest BCUT2D eigenvalue weighted by atomic mass is 10.1. The molecule has 2 heterocycles. The van der Waals surface area contributed by atoms with E-state index in [2.05, 4.69) is 15.3 Å². The second kappa shape index (κ2) is 10.8. The number of rotatable bonds is 10. The van der Waals surface area contributed by atoms with Gasteiger partial charge in [0.2, 0.25) is 5.88 Å². The van der Waals surface area contributed by atoms with E-state index >= 15 is 0 Å². The summed E-state index contributed by atoms with van der Waals surface area (Å²) in [4.78, 5) is 32.4. The van der Waals surface area contributed by atoms with Gasteiger partial charge in [0.15, 0.2) is 6.61 Å². The fraction of sp³-hybridized carbons (Fsp3) is 0.400. The molecule has 0 spiro atoms. The molecule has 0 fully saturated rings. The summed E-state index contributed by atoms with van der Waals surface area (Å²) < 4.78 is 29.3. The Bertz CT molecular complexity index is 865. The van der Waals surface area contributed by atoms with E-state index in [1.54, 1.807) is 19.1 Å². The molecule has 0 saturated heterocycles. The highest BCUT2D eigenvalue weighted by Crippen LogP contribution is 2.25. The first kappa shape index (κ1) is 22.7. The second-order valence-corrected chi connectivity index (χ2v) is 6.86. The summed E-state index contributed by atoms with van der Waals surface area (Å²) in [6.07, 6.45) is 1.68. The van der Waals surface area contributed by atoms with Crippen molar-refractivity contribution in [1.29, 1.82) is 0 Å². The number of halogens is 3. The molecule has 2 aromatic rings. The number of amides is 1. The maximum Gasteiger partial charge on any atom is 0.272 e. The quantitative estimate of drug-likeness (QED) is 0.617. The highest BCUT2D eigenvalue weighted by Gasteiger charge is 2.16. The summed E-state index contributed by atoms with van der Waals surface area (Å²) in [6.45, 7) is 2.86. The van der Waals surface area contributed by atoms with Crippen molar-refractivity contribution >= 4 is 23.3 Å². The highest BCUT2D eigenvalue weighted by molar-refractivity contribution is 6.31. The van der Waals surface area contributed by atoms with E-state index in [1.165, 1.54) is 18.5 Å². The molecule has 2 aromatic heterocycles. The molecule has 29 heavy (non-hydrogen) atoms. The molecule has 9 heteroatoms. The van der Waals surface area contributed by atoms with Crippen molar-refractivity contribution in [3.8, 4) is 5.88 Å². The molecule has 0 aliphatic heterocycles. The molecule has 0 bridgehead atoms. The van der Waals surface area contributed by atoms with Crippen molar-refractivity contribution in [2.45, 2.75) is 45.6 Å². The largest absolute Gasteiger partial charge is 0.471 e. The standard InChI is InChI=1S/C20H22ClF2N3O3/c1-3-4-16(27)9-15-7-13(5-6-24-15)19(28)26-12(2)14-8-17(21)20(25-10-14)29-11-18(22)23/h5-8,10,12,18H,3-4,9,11H2,1-2H3,(H,26,28). The molecule has 6 nitrogen and oxygen atoms in total. The summed E-state index contributed by atoms with van der Waals surface area (Å²) in [5, 5.41) is 2.88. The fourth-order valence-electron chi connectivity index (χ4n) is 2.57. The predicted octanol–water partition coefficient (Wildman–Crippen LogP) is 4.18. The zero-order valence-corrected chi connectivity index (χ0v) is 16.9. The van der Waals surface area contributed by atoms with Gasteiger partial charge in [0.25, 0.3) is 12.3 Å². The number of aromatic nitrogens is 2. The second-order valence-electron chi connectivity index (χ2n) is 6.45. The van der Waals surface area contributed by atoms with Crippen LogP contribution in [0.5, 0.6) is 5.88 Å². The third-order valence-electron chi connectivity index (χ3n) is 4.01. The van der Waals surface area contributed by atoms with Crippen molar-refractivity contribution in [3.05, 3.63) is 52.4 Å². The molecule has 0 radical (unpaired) electrons. The van der Waals surface area contributed by atoms with Gasteiger partial charge in [-0.05, 0) is 37.1 Å². The van der Waals surface area contributed by atoms with Gasteiger partial charge in [-0.3, -0.25) is 14.6 Å². The monoisotopic (exact) mass is 425 g/mol. The van der Waals surface area contributed by atoms with E-state index in [9.17, 15) is 18.4 Å². The SMILES string of the molecule is CCCC(=O)Cc1cc(C(=O)NC(C)c2cnc(OCC(F)F)c(Cl)c2)ccn1. The van der Waals surface area contributed by atoms with Crippen LogP contribution in [0.2, 0.25) is 5.02 Å². The first-order valence-electron chi connectivity index (χ1n) is 9.14. The van der Waals surface area contributed by atoms with Crippen LogP contribution in [-0.4, -0.2) is 34.7 Å². The smallest absolute Gasteiger partial charge is 0.272 e. The number of carbonyl (C=O) groups is 2. The van der Waals surface area contributed by atoms with Crippen LogP contribution in [0.25, 0.3) is 0 Å². The Balaban J connectivity index is 2.03.